The van der Waals surface area contributed by atoms with E-state index in [1.165, 1.54) is 0 Å². The summed E-state index contributed by atoms with van der Waals surface area (Å²) in [6, 6.07) is 3.80. The Labute approximate surface area is 131 Å². The van der Waals surface area contributed by atoms with Crippen molar-refractivity contribution in [1.82, 2.24) is 10.4 Å². The summed E-state index contributed by atoms with van der Waals surface area (Å²) in [5, 5.41) is 8.76. The van der Waals surface area contributed by atoms with Crippen LogP contribution in [-0.2, 0) is 17.8 Å². The van der Waals surface area contributed by atoms with Crippen LogP contribution in [0.1, 0.15) is 30.9 Å². The highest BCUT2D eigenvalue weighted by molar-refractivity contribution is 5.81. The first kappa shape index (κ1) is 16.6. The molecule has 2 N–H and O–H groups in total. The Morgan fingerprint density at radius 3 is 2.68 bits per heavy atom. The Morgan fingerprint density at radius 1 is 1.41 bits per heavy atom. The number of carbonyl (C=O) groups is 1. The number of nitrogens with one attached hydrogen (secondary N) is 1. The van der Waals surface area contributed by atoms with Gasteiger partial charge in [-0.05, 0) is 30.0 Å². The molecule has 1 aromatic carbocycles. The van der Waals surface area contributed by atoms with Gasteiger partial charge >= 0.3 is 0 Å². The number of likely N-dealkylation sites (tertiary alicyclic amines) is 1. The summed E-state index contributed by atoms with van der Waals surface area (Å²) in [7, 11) is 3.27. The monoisotopic (exact) mass is 308 g/mol. The van der Waals surface area contributed by atoms with Crippen molar-refractivity contribution in [2.45, 2.75) is 38.8 Å². The van der Waals surface area contributed by atoms with E-state index in [0.717, 1.165) is 42.7 Å². The Morgan fingerprint density at radius 2 is 2.18 bits per heavy atom. The highest BCUT2D eigenvalue weighted by Gasteiger charge is 2.34. The Hall–Kier alpha value is -1.79. The number of carbonyl (C=O) groups excluding carboxylic acids is 1. The van der Waals surface area contributed by atoms with E-state index in [-0.39, 0.29) is 11.9 Å². The zero-order valence-electron chi connectivity index (χ0n) is 13.4. The van der Waals surface area contributed by atoms with Crippen LogP contribution in [0.4, 0.5) is 0 Å². The fourth-order valence-electron chi connectivity index (χ4n) is 2.89. The van der Waals surface area contributed by atoms with E-state index < -0.39 is 0 Å². The molecule has 6 nitrogen and oxygen atoms in total. The van der Waals surface area contributed by atoms with Crippen LogP contribution in [0.25, 0.3) is 0 Å². The van der Waals surface area contributed by atoms with Crippen LogP contribution in [0.15, 0.2) is 12.1 Å². The van der Waals surface area contributed by atoms with E-state index in [1.54, 1.807) is 19.7 Å². The first-order valence-corrected chi connectivity index (χ1v) is 7.56. The SMILES string of the molecule is CCCc1cc(CN2CCC2C(=O)NO)cc(OC)c1OC. The van der Waals surface area contributed by atoms with Crippen LogP contribution in [0.3, 0.4) is 0 Å². The number of nitrogens with zero attached hydrogens (tertiary/aromatic N) is 1. The summed E-state index contributed by atoms with van der Waals surface area (Å²) in [6.45, 7) is 3.61. The second-order valence-electron chi connectivity index (χ2n) is 5.49. The van der Waals surface area contributed by atoms with Crippen molar-refractivity contribution in [3.63, 3.8) is 0 Å². The second-order valence-corrected chi connectivity index (χ2v) is 5.49. The van der Waals surface area contributed by atoms with E-state index in [9.17, 15) is 4.79 Å². The van der Waals surface area contributed by atoms with Gasteiger partial charge < -0.3 is 9.47 Å². The average Bonchev–Trinajstić information content (AvgIpc) is 2.51. The van der Waals surface area contributed by atoms with E-state index in [4.69, 9.17) is 14.7 Å². The van der Waals surface area contributed by atoms with Crippen molar-refractivity contribution < 1.29 is 19.5 Å². The highest BCUT2D eigenvalue weighted by atomic mass is 16.5. The van der Waals surface area contributed by atoms with E-state index in [0.29, 0.717) is 12.3 Å². The van der Waals surface area contributed by atoms with E-state index >= 15 is 0 Å². The van der Waals surface area contributed by atoms with E-state index in [2.05, 4.69) is 13.0 Å². The van der Waals surface area contributed by atoms with Crippen LogP contribution in [0, 0.1) is 0 Å². The zero-order valence-corrected chi connectivity index (χ0v) is 13.4. The van der Waals surface area contributed by atoms with Gasteiger partial charge in [0.25, 0.3) is 5.91 Å². The van der Waals surface area contributed by atoms with E-state index in [1.807, 2.05) is 11.0 Å². The van der Waals surface area contributed by atoms with Crippen LogP contribution in [0.5, 0.6) is 11.5 Å². The number of hydrogen-bond donors (Lipinski definition) is 2. The van der Waals surface area contributed by atoms with Crippen molar-refractivity contribution in [2.24, 2.45) is 0 Å². The number of methoxy groups -OCH3 is 2. The number of rotatable bonds is 7. The standard InChI is InChI=1S/C16H24N2O4/c1-4-5-12-8-11(9-14(21-2)15(12)22-3)10-18-7-6-13(18)16(19)17-20/h8-9,13,20H,4-7,10H2,1-3H3,(H,17,19). The Bertz CT molecular complexity index is 533. The molecular formula is C16H24N2O4. The predicted molar refractivity (Wildman–Crippen MR) is 82.3 cm³/mol. The number of hydroxylamine groups is 1. The van der Waals surface area contributed by atoms with Crippen LogP contribution in [0.2, 0.25) is 0 Å². The minimum Gasteiger partial charge on any atom is -0.493 e. The summed E-state index contributed by atoms with van der Waals surface area (Å²) in [5.41, 5.74) is 3.92. The average molecular weight is 308 g/mol. The fraction of sp³-hybridized carbons (Fsp3) is 0.562. The summed E-state index contributed by atoms with van der Waals surface area (Å²) in [5.74, 6) is 1.15. The van der Waals surface area contributed by atoms with Gasteiger partial charge in [0.05, 0.1) is 20.3 Å². The second kappa shape index (κ2) is 7.47. The van der Waals surface area contributed by atoms with Crippen molar-refractivity contribution in [3.05, 3.63) is 23.3 Å². The number of hydrogen-bond acceptors (Lipinski definition) is 5. The van der Waals surface area contributed by atoms with Gasteiger partial charge in [-0.2, -0.15) is 0 Å². The molecule has 0 bridgehead atoms. The Balaban J connectivity index is 2.20. The molecule has 2 rings (SSSR count). The maximum atomic E-state index is 11.5. The van der Waals surface area contributed by atoms with Crippen molar-refractivity contribution in [3.8, 4) is 11.5 Å². The third-order valence-electron chi connectivity index (χ3n) is 4.06. The van der Waals surface area contributed by atoms with Crippen LogP contribution < -0.4 is 15.0 Å². The number of benzene rings is 1. The van der Waals surface area contributed by atoms with Gasteiger partial charge in [0.1, 0.15) is 0 Å². The van der Waals surface area contributed by atoms with Crippen LogP contribution in [-0.4, -0.2) is 42.8 Å². The van der Waals surface area contributed by atoms with Crippen molar-refractivity contribution in [2.75, 3.05) is 20.8 Å². The molecule has 6 heteroatoms. The summed E-state index contributed by atoms with van der Waals surface area (Å²) >= 11 is 0. The molecule has 1 aliphatic heterocycles. The first-order chi connectivity index (χ1) is 10.6. The zero-order chi connectivity index (χ0) is 16.1. The number of aryl methyl sites for hydroxylation is 1. The third-order valence-corrected chi connectivity index (χ3v) is 4.06. The Kier molecular flexibility index (Phi) is 5.63. The molecule has 1 atom stereocenters. The maximum absolute atomic E-state index is 11.5. The van der Waals surface area contributed by atoms with Crippen molar-refractivity contribution in [1.29, 1.82) is 0 Å². The largest absolute Gasteiger partial charge is 0.493 e. The fourth-order valence-corrected chi connectivity index (χ4v) is 2.89. The third kappa shape index (κ3) is 3.34. The van der Waals surface area contributed by atoms with Gasteiger partial charge in [0.2, 0.25) is 0 Å². The van der Waals surface area contributed by atoms with Crippen LogP contribution >= 0.6 is 0 Å². The lowest BCUT2D eigenvalue weighted by Crippen LogP contribution is -2.54. The van der Waals surface area contributed by atoms with Crippen molar-refractivity contribution >= 4 is 5.91 Å². The molecule has 1 saturated heterocycles. The molecule has 1 aromatic rings. The molecule has 1 heterocycles. The molecule has 122 valence electrons. The molecule has 1 aliphatic rings. The summed E-state index contributed by atoms with van der Waals surface area (Å²) in [6.07, 6.45) is 2.69. The van der Waals surface area contributed by atoms with Gasteiger partial charge in [-0.3, -0.25) is 14.9 Å². The molecule has 0 aromatic heterocycles. The molecule has 0 spiro atoms. The van der Waals surface area contributed by atoms with Gasteiger partial charge in [-0.15, -0.1) is 0 Å². The topological polar surface area (TPSA) is 71.0 Å². The lowest BCUT2D eigenvalue weighted by atomic mass is 9.99. The molecular weight excluding hydrogens is 284 g/mol. The highest BCUT2D eigenvalue weighted by Crippen LogP contribution is 2.34. The molecule has 1 unspecified atom stereocenters. The lowest BCUT2D eigenvalue weighted by Gasteiger charge is -2.39. The van der Waals surface area contributed by atoms with Gasteiger partial charge in [-0.25, -0.2) is 5.48 Å². The predicted octanol–water partition coefficient (Wildman–Crippen LogP) is 1.74. The minimum atomic E-state index is -0.347. The normalized spacial score (nSPS) is 17.7. The number of amides is 1. The van der Waals surface area contributed by atoms with Gasteiger partial charge in [0, 0.05) is 13.1 Å². The van der Waals surface area contributed by atoms with Gasteiger partial charge in [-0.1, -0.05) is 19.4 Å². The summed E-state index contributed by atoms with van der Waals surface area (Å²) in [4.78, 5) is 13.6. The lowest BCUT2D eigenvalue weighted by molar-refractivity contribution is -0.139. The molecule has 1 fully saturated rings. The summed E-state index contributed by atoms with van der Waals surface area (Å²) < 4.78 is 10.9. The molecule has 0 saturated carbocycles. The minimum absolute atomic E-state index is 0.257. The smallest absolute Gasteiger partial charge is 0.260 e. The first-order valence-electron chi connectivity index (χ1n) is 7.56. The maximum Gasteiger partial charge on any atom is 0.260 e. The molecule has 22 heavy (non-hydrogen) atoms. The molecule has 0 aliphatic carbocycles. The van der Waals surface area contributed by atoms with Gasteiger partial charge in [0.15, 0.2) is 11.5 Å². The molecule has 1 amide bonds. The molecule has 0 radical (unpaired) electrons. The quantitative estimate of drug-likeness (QED) is 0.593. The number of ether oxygens (including phenoxy) is 2.